The number of azo groups is 2. The van der Waals surface area contributed by atoms with Crippen LogP contribution in [0.4, 0.5) is 28.4 Å². The molecule has 0 saturated carbocycles. The average Bonchev–Trinajstić information content (AvgIpc) is 4.04. The number of anilines is 4. The van der Waals surface area contributed by atoms with Gasteiger partial charge in [0.1, 0.15) is 5.92 Å². The average molecular weight is 1000 g/mol. The lowest BCUT2D eigenvalue weighted by Crippen LogP contribution is -2.31. The van der Waals surface area contributed by atoms with Crippen molar-refractivity contribution in [1.82, 2.24) is 4.98 Å². The van der Waals surface area contributed by atoms with E-state index >= 15 is 0 Å². The number of nitrogens with one attached hydrogen (secondary N) is 4. The van der Waals surface area contributed by atoms with Crippen molar-refractivity contribution in [2.24, 2.45) is 20.5 Å². The van der Waals surface area contributed by atoms with Gasteiger partial charge in [-0.25, -0.2) is 0 Å². The number of Topliss-reactive ketones (excluding diaryl/α,β-unsaturated/α-hetero) is 4. The van der Waals surface area contributed by atoms with E-state index in [0.29, 0.717) is 33.9 Å². The number of benzene rings is 5. The maximum absolute atomic E-state index is 12.5. The van der Waals surface area contributed by atoms with Crippen molar-refractivity contribution in [2.75, 3.05) is 28.3 Å². The Morgan fingerprint density at radius 1 is 0.595 bits per heavy atom. The number of carbonyl (C=O) groups excluding carboxylic acids is 8. The second-order valence-corrected chi connectivity index (χ2v) is 16.6. The molecular weight excluding hydrogens is 939 g/mol. The van der Waals surface area contributed by atoms with E-state index in [4.69, 9.17) is 0 Å². The predicted octanol–water partition coefficient (Wildman–Crippen LogP) is 11.3. The molecule has 1 aromatic heterocycles. The van der Waals surface area contributed by atoms with Crippen LogP contribution in [0.5, 0.6) is 0 Å². The number of aromatic nitrogens is 1. The van der Waals surface area contributed by atoms with Gasteiger partial charge in [0.05, 0.1) is 29.7 Å². The monoisotopic (exact) mass is 1000 g/mol. The molecule has 0 bridgehead atoms. The summed E-state index contributed by atoms with van der Waals surface area (Å²) in [6, 6.07) is 34.9. The summed E-state index contributed by atoms with van der Waals surface area (Å²) in [4.78, 5) is 99.5. The van der Waals surface area contributed by atoms with Crippen LogP contribution in [0.25, 0.3) is 10.9 Å². The Labute approximate surface area is 431 Å². The van der Waals surface area contributed by atoms with Gasteiger partial charge in [-0.2, -0.15) is 20.5 Å². The Morgan fingerprint density at radius 3 is 1.51 bits per heavy atom. The molecule has 4 amide bonds. The summed E-state index contributed by atoms with van der Waals surface area (Å²) < 4.78 is 0. The first-order valence-electron chi connectivity index (χ1n) is 24.4. The van der Waals surface area contributed by atoms with Gasteiger partial charge in [-0.3, -0.25) is 43.3 Å². The van der Waals surface area contributed by atoms with Gasteiger partial charge >= 0.3 is 0 Å². The van der Waals surface area contributed by atoms with Gasteiger partial charge < -0.3 is 21.3 Å². The summed E-state index contributed by atoms with van der Waals surface area (Å²) in [7, 11) is 1.40. The maximum atomic E-state index is 12.5. The highest BCUT2D eigenvalue weighted by Crippen LogP contribution is 2.34. The molecule has 4 N–H and O–H groups in total. The molecule has 5 aromatic carbocycles. The Kier molecular flexibility index (Phi) is 22.6. The molecule has 1 aliphatic carbocycles. The number of nitrogens with zero attached hydrogens (tertiary/aromatic N) is 5. The summed E-state index contributed by atoms with van der Waals surface area (Å²) in [6.45, 7) is 15.1. The first kappa shape index (κ1) is 57.8. The van der Waals surface area contributed by atoms with Gasteiger partial charge in [-0.1, -0.05) is 121 Å². The summed E-state index contributed by atoms with van der Waals surface area (Å²) in [6.07, 6.45) is 3.05. The highest BCUT2D eigenvalue weighted by atomic mass is 16.2. The van der Waals surface area contributed by atoms with Gasteiger partial charge in [0.25, 0.3) is 11.8 Å². The van der Waals surface area contributed by atoms with E-state index in [1.807, 2.05) is 50.2 Å². The van der Waals surface area contributed by atoms with E-state index < -0.39 is 35.6 Å². The fourth-order valence-electron chi connectivity index (χ4n) is 7.26. The summed E-state index contributed by atoms with van der Waals surface area (Å²) in [5, 5.41) is 26.6. The lowest BCUT2D eigenvalue weighted by atomic mass is 9.98. The Bertz CT molecular complexity index is 3010. The van der Waals surface area contributed by atoms with Crippen LogP contribution >= 0.6 is 0 Å². The normalized spacial score (nSPS) is 13.5. The largest absolute Gasteiger partial charge is 0.326 e. The standard InChI is InChI=1S/C18H16N4O3.C18H11NO2.C13H14N4O3.2C3H8.C2H6/c1-11(23)17(22-21-13-5-3-2-4-6-13)18(25)19-14-7-8-15-12(9-14)10-16(24)20-15;20-17-12-6-2-3-7-13(12)18(21)16(17)15-10-9-11-5-1-4-8-14(11)19-15;1-7(18)12(17-14-2)13(20)15-9-3-4-10-8(5-9)6-11(19)16-10;2*1-3-2;1-2/h2-9,17H,10H2,1H3,(H,19,25)(H,20,24);1-10,16H;3-5,12H,6H2,1-2H3,(H,15,20)(H,16,19);2*3H2,1-2H3;1-2H3. The Balaban J connectivity index is 0.000000225. The van der Waals surface area contributed by atoms with Crippen molar-refractivity contribution in [2.45, 2.75) is 99.1 Å². The molecule has 2 unspecified atom stereocenters. The van der Waals surface area contributed by atoms with E-state index in [2.05, 4.69) is 74.4 Å². The number of hydrogen-bond acceptors (Lipinski definition) is 13. The quantitative estimate of drug-likeness (QED) is 0.0751. The zero-order valence-corrected chi connectivity index (χ0v) is 43.2. The molecule has 6 aromatic rings. The number of rotatable bonds is 10. The molecule has 0 spiro atoms. The van der Waals surface area contributed by atoms with Gasteiger partial charge in [0, 0.05) is 46.3 Å². The number of pyridine rings is 1. The van der Waals surface area contributed by atoms with Crippen molar-refractivity contribution in [3.05, 3.63) is 155 Å². The van der Waals surface area contributed by atoms with Crippen molar-refractivity contribution in [3.8, 4) is 0 Å². The topological polar surface area (TPSA) is 247 Å². The number of fused-ring (bicyclic) bond motifs is 4. The van der Waals surface area contributed by atoms with Crippen LogP contribution in [0.3, 0.4) is 0 Å². The number of para-hydroxylation sites is 1. The second-order valence-electron chi connectivity index (χ2n) is 16.6. The lowest BCUT2D eigenvalue weighted by molar-refractivity contribution is -0.127. The molecule has 9 rings (SSSR count). The molecule has 17 nitrogen and oxygen atoms in total. The summed E-state index contributed by atoms with van der Waals surface area (Å²) in [5.74, 6) is -3.17. The molecule has 3 aliphatic rings. The lowest BCUT2D eigenvalue weighted by Gasteiger charge is -2.10. The third kappa shape index (κ3) is 15.9. The first-order chi connectivity index (χ1) is 35.6. The number of ketones is 4. The molecule has 0 radical (unpaired) electrons. The van der Waals surface area contributed by atoms with Crippen molar-refractivity contribution in [3.63, 3.8) is 0 Å². The molecule has 0 fully saturated rings. The predicted molar refractivity (Wildman–Crippen MR) is 288 cm³/mol. The van der Waals surface area contributed by atoms with Crippen LogP contribution in [0, 0.1) is 0 Å². The highest BCUT2D eigenvalue weighted by Gasteiger charge is 2.40. The summed E-state index contributed by atoms with van der Waals surface area (Å²) >= 11 is 0. The molecule has 74 heavy (non-hydrogen) atoms. The molecular formula is C57H63N9O8. The van der Waals surface area contributed by atoms with Crippen molar-refractivity contribution < 1.29 is 38.4 Å². The Hall–Kier alpha value is -8.73. The fourth-order valence-corrected chi connectivity index (χ4v) is 7.26. The van der Waals surface area contributed by atoms with Gasteiger partial charge in [-0.15, -0.1) is 0 Å². The van der Waals surface area contributed by atoms with E-state index in [1.54, 1.807) is 91.0 Å². The van der Waals surface area contributed by atoms with E-state index in [9.17, 15) is 38.4 Å². The van der Waals surface area contributed by atoms with Gasteiger partial charge in [0.2, 0.25) is 23.9 Å². The van der Waals surface area contributed by atoms with Crippen LogP contribution in [0.2, 0.25) is 0 Å². The maximum Gasteiger partial charge on any atom is 0.258 e. The van der Waals surface area contributed by atoms with Gasteiger partial charge in [0.15, 0.2) is 23.1 Å². The molecule has 2 atom stereocenters. The van der Waals surface area contributed by atoms with Crippen molar-refractivity contribution in [1.29, 1.82) is 0 Å². The minimum Gasteiger partial charge on any atom is -0.326 e. The molecule has 384 valence electrons. The summed E-state index contributed by atoms with van der Waals surface area (Å²) in [5.41, 5.74) is 6.99. The van der Waals surface area contributed by atoms with Crippen LogP contribution < -0.4 is 21.3 Å². The van der Waals surface area contributed by atoms with Gasteiger partial charge in [-0.05, 0) is 85.6 Å². The zero-order chi connectivity index (χ0) is 54.3. The first-order valence-corrected chi connectivity index (χ1v) is 24.4. The third-order valence-electron chi connectivity index (χ3n) is 10.4. The second kappa shape index (κ2) is 29.0. The molecule has 17 heteroatoms. The number of hydrogen-bond donors (Lipinski definition) is 4. The van der Waals surface area contributed by atoms with E-state index in [-0.39, 0.29) is 42.0 Å². The molecule has 3 heterocycles. The number of carbonyl (C=O) groups is 8. The SMILES string of the molecule is CC.CC(=O)C(N=Nc1ccccc1)C(=O)Nc1ccc2c(c1)CC(=O)N2.CCC.CCC.CN=NC(C(C)=O)C(=O)Nc1ccc2c(c1)CC(=O)N2.O=C1c2ccccc2C(=O)C1c1ccc2ccccc2n1. The molecule has 2 aliphatic heterocycles. The smallest absolute Gasteiger partial charge is 0.258 e. The van der Waals surface area contributed by atoms with Crippen LogP contribution in [-0.4, -0.2) is 70.9 Å². The van der Waals surface area contributed by atoms with E-state index in [0.717, 1.165) is 33.4 Å². The fraction of sp³-hybridized carbons (Fsp3) is 0.281. The molecule has 0 saturated heterocycles. The van der Waals surface area contributed by atoms with Crippen molar-refractivity contribution >= 4 is 86.1 Å². The zero-order valence-electron chi connectivity index (χ0n) is 43.2. The number of amides is 4. The minimum absolute atomic E-state index is 0.0788. The highest BCUT2D eigenvalue weighted by molar-refractivity contribution is 6.29. The van der Waals surface area contributed by atoms with E-state index in [1.165, 1.54) is 33.7 Å². The minimum atomic E-state index is -1.23. The van der Waals surface area contributed by atoms with Crippen LogP contribution in [-0.2, 0) is 41.6 Å². The van der Waals surface area contributed by atoms with Crippen LogP contribution in [0.15, 0.2) is 148 Å². The Morgan fingerprint density at radius 2 is 1.04 bits per heavy atom. The van der Waals surface area contributed by atoms with Crippen LogP contribution in [0.1, 0.15) is 112 Å². The third-order valence-corrected chi connectivity index (χ3v) is 10.4.